The van der Waals surface area contributed by atoms with E-state index in [9.17, 15) is 4.79 Å². The van der Waals surface area contributed by atoms with E-state index in [1.54, 1.807) is 4.80 Å². The smallest absolute Gasteiger partial charge is 0.320 e. The molecule has 1 aromatic carbocycles. The third-order valence-corrected chi connectivity index (χ3v) is 4.44. The largest absolute Gasteiger partial charge is 0.480 e. The van der Waals surface area contributed by atoms with Gasteiger partial charge in [0.05, 0.1) is 6.54 Å². The molecule has 0 bridgehead atoms. The van der Waals surface area contributed by atoms with Crippen molar-refractivity contribution in [1.82, 2.24) is 25.1 Å². The maximum Gasteiger partial charge on any atom is 0.320 e. The number of carbonyl (C=O) groups is 1. The van der Waals surface area contributed by atoms with Crippen LogP contribution in [0, 0.1) is 0 Å². The SMILES string of the molecule is O=C(O)C1CCCN1CCCCCn1nnc(-c2ccccc2)n1. The van der Waals surface area contributed by atoms with Crippen LogP contribution in [0.1, 0.15) is 32.1 Å². The van der Waals surface area contributed by atoms with Gasteiger partial charge in [0.25, 0.3) is 0 Å². The summed E-state index contributed by atoms with van der Waals surface area (Å²) in [4.78, 5) is 14.9. The number of aliphatic carboxylic acids is 1. The van der Waals surface area contributed by atoms with Crippen molar-refractivity contribution in [1.29, 1.82) is 0 Å². The molecule has 3 rings (SSSR count). The lowest BCUT2D eigenvalue weighted by Crippen LogP contribution is -2.36. The molecule has 1 fully saturated rings. The Hall–Kier alpha value is -2.28. The molecule has 1 aromatic heterocycles. The van der Waals surface area contributed by atoms with Crippen molar-refractivity contribution in [2.75, 3.05) is 13.1 Å². The molecule has 128 valence electrons. The first-order valence-corrected chi connectivity index (χ1v) is 8.54. The van der Waals surface area contributed by atoms with Crippen LogP contribution in [0.5, 0.6) is 0 Å². The number of unbranched alkanes of at least 4 members (excludes halogenated alkanes) is 2. The molecule has 7 heteroatoms. The molecule has 1 saturated heterocycles. The molecule has 0 amide bonds. The number of aromatic nitrogens is 4. The van der Waals surface area contributed by atoms with Crippen LogP contribution in [0.4, 0.5) is 0 Å². The third kappa shape index (κ3) is 4.17. The van der Waals surface area contributed by atoms with Gasteiger partial charge in [-0.05, 0) is 44.0 Å². The Morgan fingerprint density at radius 1 is 1.17 bits per heavy atom. The molecule has 0 radical (unpaired) electrons. The molecule has 1 N–H and O–H groups in total. The van der Waals surface area contributed by atoms with Crippen molar-refractivity contribution >= 4 is 5.97 Å². The summed E-state index contributed by atoms with van der Waals surface area (Å²) in [6.45, 7) is 2.50. The van der Waals surface area contributed by atoms with Crippen LogP contribution in [0.2, 0.25) is 0 Å². The summed E-state index contributed by atoms with van der Waals surface area (Å²) >= 11 is 0. The molecule has 1 aliphatic rings. The number of carboxylic acids is 1. The lowest BCUT2D eigenvalue weighted by Gasteiger charge is -2.20. The minimum absolute atomic E-state index is 0.282. The second kappa shape index (κ2) is 8.01. The standard InChI is InChI=1S/C17H23N5O2/c23-17(24)15-10-7-12-21(15)11-5-2-6-13-22-19-16(18-20-22)14-8-3-1-4-9-14/h1,3-4,8-9,15H,2,5-7,10-13H2,(H,23,24). The Labute approximate surface area is 141 Å². The molecule has 1 atom stereocenters. The number of tetrazole rings is 1. The number of nitrogens with zero attached hydrogens (tertiary/aromatic N) is 5. The highest BCUT2D eigenvalue weighted by molar-refractivity contribution is 5.73. The van der Waals surface area contributed by atoms with Gasteiger partial charge >= 0.3 is 5.97 Å². The van der Waals surface area contributed by atoms with E-state index in [1.807, 2.05) is 30.3 Å². The Balaban J connectivity index is 1.38. The van der Waals surface area contributed by atoms with Gasteiger partial charge in [0.2, 0.25) is 5.82 Å². The predicted octanol–water partition coefficient (Wildman–Crippen LogP) is 2.06. The van der Waals surface area contributed by atoms with E-state index < -0.39 is 5.97 Å². The van der Waals surface area contributed by atoms with Gasteiger partial charge in [0.15, 0.2) is 0 Å². The van der Waals surface area contributed by atoms with Crippen molar-refractivity contribution in [3.8, 4) is 11.4 Å². The van der Waals surface area contributed by atoms with E-state index in [1.165, 1.54) is 0 Å². The highest BCUT2D eigenvalue weighted by Crippen LogP contribution is 2.18. The number of aryl methyl sites for hydroxylation is 1. The first-order valence-electron chi connectivity index (χ1n) is 8.54. The second-order valence-electron chi connectivity index (χ2n) is 6.17. The molecule has 0 spiro atoms. The normalized spacial score (nSPS) is 18.1. The predicted molar refractivity (Wildman–Crippen MR) is 89.3 cm³/mol. The summed E-state index contributed by atoms with van der Waals surface area (Å²) < 4.78 is 0. The molecular formula is C17H23N5O2. The Kier molecular flexibility index (Phi) is 5.53. The second-order valence-corrected chi connectivity index (χ2v) is 6.17. The molecule has 0 aliphatic carbocycles. The fraction of sp³-hybridized carbons (Fsp3) is 0.529. The molecule has 0 saturated carbocycles. The highest BCUT2D eigenvalue weighted by atomic mass is 16.4. The summed E-state index contributed by atoms with van der Waals surface area (Å²) in [6, 6.07) is 9.53. The number of hydrogen-bond donors (Lipinski definition) is 1. The van der Waals surface area contributed by atoms with Gasteiger partial charge in [-0.25, -0.2) is 0 Å². The van der Waals surface area contributed by atoms with Crippen LogP contribution in [0.25, 0.3) is 11.4 Å². The topological polar surface area (TPSA) is 84.1 Å². The first-order chi connectivity index (χ1) is 11.7. The van der Waals surface area contributed by atoms with Gasteiger partial charge in [-0.3, -0.25) is 9.69 Å². The van der Waals surface area contributed by atoms with Crippen LogP contribution >= 0.6 is 0 Å². The lowest BCUT2D eigenvalue weighted by molar-refractivity contribution is -0.142. The fourth-order valence-corrected chi connectivity index (χ4v) is 3.16. The average Bonchev–Trinajstić information content (AvgIpc) is 3.24. The summed E-state index contributed by atoms with van der Waals surface area (Å²) in [5, 5.41) is 21.7. The molecule has 1 aliphatic heterocycles. The van der Waals surface area contributed by atoms with Crippen LogP contribution in [-0.4, -0.2) is 55.3 Å². The summed E-state index contributed by atoms with van der Waals surface area (Å²) in [5.74, 6) is -0.0373. The molecule has 2 aromatic rings. The van der Waals surface area contributed by atoms with Gasteiger partial charge in [0.1, 0.15) is 6.04 Å². The van der Waals surface area contributed by atoms with Crippen LogP contribution in [0.15, 0.2) is 30.3 Å². The minimum Gasteiger partial charge on any atom is -0.480 e. The highest BCUT2D eigenvalue weighted by Gasteiger charge is 2.29. The zero-order chi connectivity index (χ0) is 16.8. The van der Waals surface area contributed by atoms with Gasteiger partial charge in [-0.2, -0.15) is 4.80 Å². The Bertz CT molecular complexity index is 658. The monoisotopic (exact) mass is 329 g/mol. The van der Waals surface area contributed by atoms with Crippen molar-refractivity contribution < 1.29 is 9.90 Å². The van der Waals surface area contributed by atoms with Crippen molar-refractivity contribution in [3.63, 3.8) is 0 Å². The number of hydrogen-bond acceptors (Lipinski definition) is 5. The lowest BCUT2D eigenvalue weighted by atomic mass is 10.2. The number of likely N-dealkylation sites (tertiary alicyclic amines) is 1. The van der Waals surface area contributed by atoms with Gasteiger partial charge in [0, 0.05) is 5.56 Å². The van der Waals surface area contributed by atoms with E-state index in [4.69, 9.17) is 5.11 Å². The Morgan fingerprint density at radius 3 is 2.75 bits per heavy atom. The Morgan fingerprint density at radius 2 is 1.96 bits per heavy atom. The van der Waals surface area contributed by atoms with Crippen molar-refractivity contribution in [2.45, 2.75) is 44.7 Å². The van der Waals surface area contributed by atoms with E-state index in [-0.39, 0.29) is 6.04 Å². The molecule has 7 nitrogen and oxygen atoms in total. The summed E-state index contributed by atoms with van der Waals surface area (Å²) in [5.41, 5.74) is 0.970. The summed E-state index contributed by atoms with van der Waals surface area (Å²) in [7, 11) is 0. The first kappa shape index (κ1) is 16.6. The molecule has 2 heterocycles. The summed E-state index contributed by atoms with van der Waals surface area (Å²) in [6.07, 6.45) is 4.77. The quantitative estimate of drug-likeness (QED) is 0.746. The van der Waals surface area contributed by atoms with Gasteiger partial charge < -0.3 is 5.11 Å². The average molecular weight is 329 g/mol. The number of carboxylic acid groups (broad SMARTS) is 1. The molecule has 24 heavy (non-hydrogen) atoms. The number of benzene rings is 1. The van der Waals surface area contributed by atoms with E-state index in [0.29, 0.717) is 5.82 Å². The molecule has 1 unspecified atom stereocenters. The van der Waals surface area contributed by atoms with Crippen molar-refractivity contribution in [2.24, 2.45) is 0 Å². The van der Waals surface area contributed by atoms with Crippen LogP contribution in [0.3, 0.4) is 0 Å². The van der Waals surface area contributed by atoms with E-state index >= 15 is 0 Å². The fourth-order valence-electron chi connectivity index (χ4n) is 3.16. The molecular weight excluding hydrogens is 306 g/mol. The van der Waals surface area contributed by atoms with Gasteiger partial charge in [-0.1, -0.05) is 36.8 Å². The zero-order valence-corrected chi connectivity index (χ0v) is 13.7. The van der Waals surface area contributed by atoms with Crippen LogP contribution in [-0.2, 0) is 11.3 Å². The van der Waals surface area contributed by atoms with Crippen LogP contribution < -0.4 is 0 Å². The minimum atomic E-state index is -0.687. The van der Waals surface area contributed by atoms with Gasteiger partial charge in [-0.15, -0.1) is 10.2 Å². The number of rotatable bonds is 8. The van der Waals surface area contributed by atoms with E-state index in [0.717, 1.165) is 57.3 Å². The van der Waals surface area contributed by atoms with Crippen molar-refractivity contribution in [3.05, 3.63) is 30.3 Å². The zero-order valence-electron chi connectivity index (χ0n) is 13.7. The third-order valence-electron chi connectivity index (χ3n) is 4.44. The maximum atomic E-state index is 11.1. The van der Waals surface area contributed by atoms with E-state index in [2.05, 4.69) is 20.3 Å². The maximum absolute atomic E-state index is 11.1.